The number of thioether (sulfide) groups is 1. The Bertz CT molecular complexity index is 854. The second kappa shape index (κ2) is 7.94. The first-order valence-corrected chi connectivity index (χ1v) is 8.58. The molecule has 1 N–H and O–H groups in total. The molecule has 3 aromatic rings. The summed E-state index contributed by atoms with van der Waals surface area (Å²) >= 11 is 1.13. The number of aromatic nitrogens is 2. The summed E-state index contributed by atoms with van der Waals surface area (Å²) in [6, 6.07) is 15.8. The van der Waals surface area contributed by atoms with Crippen molar-refractivity contribution in [3.63, 3.8) is 0 Å². The van der Waals surface area contributed by atoms with Crippen molar-refractivity contribution in [2.45, 2.75) is 23.8 Å². The van der Waals surface area contributed by atoms with Gasteiger partial charge in [0.05, 0.1) is 17.4 Å². The highest BCUT2D eigenvalue weighted by Crippen LogP contribution is 2.24. The molecular formula is C18H16FN3O2S. The summed E-state index contributed by atoms with van der Waals surface area (Å²) in [6.45, 7) is 1.70. The van der Waals surface area contributed by atoms with Gasteiger partial charge in [0.15, 0.2) is 0 Å². The van der Waals surface area contributed by atoms with E-state index in [0.717, 1.165) is 17.3 Å². The summed E-state index contributed by atoms with van der Waals surface area (Å²) in [5.74, 6) is -0.329. The van der Waals surface area contributed by atoms with Gasteiger partial charge in [-0.25, -0.2) is 4.39 Å². The molecule has 1 aromatic heterocycles. The normalized spacial score (nSPS) is 11.9. The van der Waals surface area contributed by atoms with E-state index in [0.29, 0.717) is 17.5 Å². The molecule has 128 valence electrons. The van der Waals surface area contributed by atoms with Crippen molar-refractivity contribution in [2.24, 2.45) is 0 Å². The largest absolute Gasteiger partial charge is 0.416 e. The minimum Gasteiger partial charge on any atom is -0.416 e. The van der Waals surface area contributed by atoms with E-state index in [4.69, 9.17) is 4.42 Å². The number of halogens is 1. The number of carbonyl (C=O) groups is 1. The average Bonchev–Trinajstić information content (AvgIpc) is 3.04. The zero-order chi connectivity index (χ0) is 17.6. The van der Waals surface area contributed by atoms with Crippen LogP contribution in [0.25, 0.3) is 0 Å². The minimum absolute atomic E-state index is 0.148. The zero-order valence-electron chi connectivity index (χ0n) is 13.5. The van der Waals surface area contributed by atoms with E-state index in [1.807, 2.05) is 30.3 Å². The molecule has 0 aliphatic rings. The number of hydrogen-bond donors (Lipinski definition) is 1. The molecule has 5 nitrogen and oxygen atoms in total. The number of nitrogens with one attached hydrogen (secondary N) is 1. The number of anilines is 1. The maximum atomic E-state index is 13.6. The van der Waals surface area contributed by atoms with Crippen molar-refractivity contribution in [1.82, 2.24) is 10.2 Å². The molecule has 0 aliphatic heterocycles. The number of para-hydroxylation sites is 1. The molecule has 0 saturated carbocycles. The van der Waals surface area contributed by atoms with Crippen LogP contribution in [0.2, 0.25) is 0 Å². The molecule has 3 rings (SSSR count). The predicted molar refractivity (Wildman–Crippen MR) is 93.9 cm³/mol. The van der Waals surface area contributed by atoms with Gasteiger partial charge in [0.25, 0.3) is 5.22 Å². The quantitative estimate of drug-likeness (QED) is 0.677. The summed E-state index contributed by atoms with van der Waals surface area (Å²) in [7, 11) is 0. The Morgan fingerprint density at radius 2 is 1.88 bits per heavy atom. The fourth-order valence-electron chi connectivity index (χ4n) is 2.13. The second-order valence-corrected chi connectivity index (χ2v) is 6.65. The summed E-state index contributed by atoms with van der Waals surface area (Å²) < 4.78 is 19.2. The lowest BCUT2D eigenvalue weighted by Gasteiger charge is -2.10. The summed E-state index contributed by atoms with van der Waals surface area (Å²) in [5, 5.41) is 10.3. The lowest BCUT2D eigenvalue weighted by molar-refractivity contribution is -0.115. The van der Waals surface area contributed by atoms with E-state index >= 15 is 0 Å². The van der Waals surface area contributed by atoms with Crippen molar-refractivity contribution >= 4 is 23.4 Å². The lowest BCUT2D eigenvalue weighted by Crippen LogP contribution is -2.22. The zero-order valence-corrected chi connectivity index (χ0v) is 14.3. The van der Waals surface area contributed by atoms with Crippen LogP contribution < -0.4 is 5.32 Å². The SMILES string of the molecule is C[C@@H](Sc1nnc(Cc2ccccc2)o1)C(=O)Nc1ccccc1F. The molecule has 0 saturated heterocycles. The molecule has 7 heteroatoms. The van der Waals surface area contributed by atoms with E-state index in [1.165, 1.54) is 12.1 Å². The Hall–Kier alpha value is -2.67. The van der Waals surface area contributed by atoms with Gasteiger partial charge in [0, 0.05) is 0 Å². The molecule has 0 spiro atoms. The third-order valence-corrected chi connectivity index (χ3v) is 4.36. The van der Waals surface area contributed by atoms with Crippen molar-refractivity contribution in [2.75, 3.05) is 5.32 Å². The number of rotatable bonds is 6. The topological polar surface area (TPSA) is 68.0 Å². The van der Waals surface area contributed by atoms with Crippen LogP contribution in [0.3, 0.4) is 0 Å². The van der Waals surface area contributed by atoms with Crippen LogP contribution in [0.15, 0.2) is 64.2 Å². The lowest BCUT2D eigenvalue weighted by atomic mass is 10.2. The summed E-state index contributed by atoms with van der Waals surface area (Å²) in [6.07, 6.45) is 0.532. The average molecular weight is 357 g/mol. The number of nitrogens with zero attached hydrogens (tertiary/aromatic N) is 2. The van der Waals surface area contributed by atoms with Gasteiger partial charge in [-0.3, -0.25) is 4.79 Å². The highest BCUT2D eigenvalue weighted by molar-refractivity contribution is 8.00. The Labute approximate surface area is 148 Å². The van der Waals surface area contributed by atoms with E-state index in [2.05, 4.69) is 15.5 Å². The first kappa shape index (κ1) is 17.2. The smallest absolute Gasteiger partial charge is 0.277 e. The monoisotopic (exact) mass is 357 g/mol. The molecule has 1 heterocycles. The van der Waals surface area contributed by atoms with Crippen LogP contribution in [0.1, 0.15) is 18.4 Å². The number of benzene rings is 2. The second-order valence-electron chi connectivity index (χ2n) is 5.35. The molecule has 0 bridgehead atoms. The van der Waals surface area contributed by atoms with Crippen molar-refractivity contribution < 1.29 is 13.6 Å². The van der Waals surface area contributed by atoms with Gasteiger partial charge >= 0.3 is 0 Å². The molecule has 0 radical (unpaired) electrons. The molecule has 2 aromatic carbocycles. The van der Waals surface area contributed by atoms with Crippen LogP contribution in [0.4, 0.5) is 10.1 Å². The molecular weight excluding hydrogens is 341 g/mol. The summed E-state index contributed by atoms with van der Waals surface area (Å²) in [4.78, 5) is 12.2. The Balaban J connectivity index is 1.58. The molecule has 25 heavy (non-hydrogen) atoms. The molecule has 0 fully saturated rings. The molecule has 0 unspecified atom stereocenters. The van der Waals surface area contributed by atoms with E-state index in [-0.39, 0.29) is 11.6 Å². The molecule has 0 aliphatic carbocycles. The fraction of sp³-hybridized carbons (Fsp3) is 0.167. The predicted octanol–water partition coefficient (Wildman–Crippen LogP) is 3.92. The highest BCUT2D eigenvalue weighted by Gasteiger charge is 2.19. The van der Waals surface area contributed by atoms with E-state index in [1.54, 1.807) is 19.1 Å². The maximum absolute atomic E-state index is 13.6. The third kappa shape index (κ3) is 4.67. The van der Waals surface area contributed by atoms with Gasteiger partial charge in [-0.15, -0.1) is 10.2 Å². The van der Waals surface area contributed by atoms with Gasteiger partial charge in [-0.2, -0.15) is 0 Å². The third-order valence-electron chi connectivity index (χ3n) is 3.43. The fourth-order valence-corrected chi connectivity index (χ4v) is 2.83. The van der Waals surface area contributed by atoms with Crippen LogP contribution in [-0.2, 0) is 11.2 Å². The van der Waals surface area contributed by atoms with Gasteiger partial charge < -0.3 is 9.73 Å². The van der Waals surface area contributed by atoms with Gasteiger partial charge in [0.1, 0.15) is 5.82 Å². The number of hydrogen-bond acceptors (Lipinski definition) is 5. The van der Waals surface area contributed by atoms with Crippen molar-refractivity contribution in [3.05, 3.63) is 71.9 Å². The highest BCUT2D eigenvalue weighted by atomic mass is 32.2. The Morgan fingerprint density at radius 3 is 2.64 bits per heavy atom. The number of amides is 1. The maximum Gasteiger partial charge on any atom is 0.277 e. The summed E-state index contributed by atoms with van der Waals surface area (Å²) in [5.41, 5.74) is 1.21. The molecule has 1 amide bonds. The van der Waals surface area contributed by atoms with Crippen molar-refractivity contribution in [3.8, 4) is 0 Å². The number of carbonyl (C=O) groups excluding carboxylic acids is 1. The van der Waals surface area contributed by atoms with Gasteiger partial charge in [0.2, 0.25) is 11.8 Å². The van der Waals surface area contributed by atoms with Crippen LogP contribution in [0, 0.1) is 5.82 Å². The first-order valence-electron chi connectivity index (χ1n) is 7.70. The minimum atomic E-state index is -0.510. The Kier molecular flexibility index (Phi) is 5.45. The van der Waals surface area contributed by atoms with Crippen molar-refractivity contribution in [1.29, 1.82) is 0 Å². The van der Waals surface area contributed by atoms with E-state index in [9.17, 15) is 9.18 Å². The van der Waals surface area contributed by atoms with Crippen LogP contribution >= 0.6 is 11.8 Å². The first-order chi connectivity index (χ1) is 12.1. The Morgan fingerprint density at radius 1 is 1.16 bits per heavy atom. The van der Waals surface area contributed by atoms with Gasteiger partial charge in [-0.05, 0) is 24.6 Å². The molecule has 1 atom stereocenters. The van der Waals surface area contributed by atoms with Gasteiger partial charge in [-0.1, -0.05) is 54.2 Å². The van der Waals surface area contributed by atoms with Crippen LogP contribution in [0.5, 0.6) is 0 Å². The standard InChI is InChI=1S/C18H16FN3O2S/c1-12(17(23)20-15-10-6-5-9-14(15)19)25-18-22-21-16(24-18)11-13-7-3-2-4-8-13/h2-10,12H,11H2,1H3,(H,20,23)/t12-/m1/s1. The van der Waals surface area contributed by atoms with Crippen LogP contribution in [-0.4, -0.2) is 21.4 Å². The van der Waals surface area contributed by atoms with E-state index < -0.39 is 11.1 Å².